The third-order valence-electron chi connectivity index (χ3n) is 2.37. The Morgan fingerprint density at radius 2 is 2.39 bits per heavy atom. The van der Waals surface area contributed by atoms with Crippen molar-refractivity contribution in [2.45, 2.75) is 26.4 Å². The van der Waals surface area contributed by atoms with Gasteiger partial charge in [0.1, 0.15) is 5.76 Å². The molecule has 7 nitrogen and oxygen atoms in total. The second-order valence-corrected chi connectivity index (χ2v) is 3.90. The molecule has 7 heteroatoms. The van der Waals surface area contributed by atoms with Crippen molar-refractivity contribution in [2.75, 3.05) is 0 Å². The molecule has 0 aliphatic carbocycles. The maximum Gasteiger partial charge on any atom is 0.358 e. The van der Waals surface area contributed by atoms with E-state index in [2.05, 4.69) is 15.5 Å². The fourth-order valence-corrected chi connectivity index (χ4v) is 1.41. The van der Waals surface area contributed by atoms with E-state index in [-0.39, 0.29) is 11.7 Å². The summed E-state index contributed by atoms with van der Waals surface area (Å²) in [6.07, 6.45) is 1.64. The molecular formula is C11H13N3O4. The Labute approximate surface area is 103 Å². The van der Waals surface area contributed by atoms with Crippen LogP contribution >= 0.6 is 0 Å². The monoisotopic (exact) mass is 251 g/mol. The Hall–Kier alpha value is -2.15. The number of rotatable bonds is 5. The minimum absolute atomic E-state index is 0.0999. The lowest BCUT2D eigenvalue weighted by atomic mass is 10.3. The molecule has 2 aromatic heterocycles. The second kappa shape index (κ2) is 5.01. The third-order valence-corrected chi connectivity index (χ3v) is 2.37. The maximum absolute atomic E-state index is 10.6. The van der Waals surface area contributed by atoms with Gasteiger partial charge >= 0.3 is 5.97 Å². The zero-order chi connectivity index (χ0) is 13.1. The molecule has 0 amide bonds. The van der Waals surface area contributed by atoms with Gasteiger partial charge in [0, 0.05) is 6.07 Å². The molecule has 0 saturated heterocycles. The van der Waals surface area contributed by atoms with Crippen molar-refractivity contribution in [2.24, 2.45) is 0 Å². The Bertz CT molecular complexity index is 546. The summed E-state index contributed by atoms with van der Waals surface area (Å²) < 4.78 is 10.2. The van der Waals surface area contributed by atoms with E-state index in [1.807, 2.05) is 13.8 Å². The predicted octanol–water partition coefficient (Wildman–Crippen LogP) is 1.52. The molecule has 1 atom stereocenters. The van der Waals surface area contributed by atoms with E-state index in [0.717, 1.165) is 5.76 Å². The normalized spacial score (nSPS) is 12.6. The summed E-state index contributed by atoms with van der Waals surface area (Å²) in [4.78, 5) is 14.7. The van der Waals surface area contributed by atoms with E-state index in [9.17, 15) is 4.79 Å². The first kappa shape index (κ1) is 12.3. The van der Waals surface area contributed by atoms with Crippen LogP contribution in [-0.4, -0.2) is 21.2 Å². The fourth-order valence-electron chi connectivity index (χ4n) is 1.41. The van der Waals surface area contributed by atoms with E-state index >= 15 is 0 Å². The third kappa shape index (κ3) is 2.75. The highest BCUT2D eigenvalue weighted by atomic mass is 16.5. The van der Waals surface area contributed by atoms with Crippen LogP contribution in [0.1, 0.15) is 40.9 Å². The Balaban J connectivity index is 1.92. The van der Waals surface area contributed by atoms with E-state index < -0.39 is 5.97 Å². The van der Waals surface area contributed by atoms with Crippen molar-refractivity contribution in [3.8, 4) is 0 Å². The van der Waals surface area contributed by atoms with Gasteiger partial charge in [0.2, 0.25) is 5.89 Å². The minimum atomic E-state index is -1.11. The minimum Gasteiger partial charge on any atom is -0.476 e. The van der Waals surface area contributed by atoms with Gasteiger partial charge in [-0.1, -0.05) is 5.16 Å². The van der Waals surface area contributed by atoms with Crippen LogP contribution in [0.4, 0.5) is 0 Å². The number of carbonyl (C=O) groups is 1. The lowest BCUT2D eigenvalue weighted by Crippen LogP contribution is -2.18. The number of carboxylic acid groups (broad SMARTS) is 1. The topological polar surface area (TPSA) is 101 Å². The van der Waals surface area contributed by atoms with Crippen LogP contribution in [0.5, 0.6) is 0 Å². The van der Waals surface area contributed by atoms with E-state index in [1.165, 1.54) is 6.07 Å². The zero-order valence-corrected chi connectivity index (χ0v) is 10.0. The summed E-state index contributed by atoms with van der Waals surface area (Å²) in [5.74, 6) is 0.654. The van der Waals surface area contributed by atoms with Gasteiger partial charge in [-0.05, 0) is 13.8 Å². The summed E-state index contributed by atoms with van der Waals surface area (Å²) in [5, 5.41) is 15.2. The van der Waals surface area contributed by atoms with Crippen LogP contribution in [0, 0.1) is 6.92 Å². The van der Waals surface area contributed by atoms with Gasteiger partial charge in [-0.15, -0.1) is 0 Å². The summed E-state index contributed by atoms with van der Waals surface area (Å²) >= 11 is 0. The molecule has 0 aromatic carbocycles. The summed E-state index contributed by atoms with van der Waals surface area (Å²) in [6, 6.07) is 1.28. The molecule has 0 bridgehead atoms. The standard InChI is InChI=1S/C11H13N3O4/c1-6-4-13-10(17-6)7(2)12-5-8-3-9(11(15)16)14-18-8/h3-4,7,12H,5H2,1-2H3,(H,15,16). The summed E-state index contributed by atoms with van der Waals surface area (Å²) in [5.41, 5.74) is -0.105. The van der Waals surface area contributed by atoms with Crippen molar-refractivity contribution >= 4 is 5.97 Å². The highest BCUT2D eigenvalue weighted by molar-refractivity contribution is 5.85. The highest BCUT2D eigenvalue weighted by Crippen LogP contribution is 2.13. The van der Waals surface area contributed by atoms with Gasteiger partial charge < -0.3 is 14.0 Å². The first-order valence-electron chi connectivity index (χ1n) is 5.41. The molecule has 0 radical (unpaired) electrons. The predicted molar refractivity (Wildman–Crippen MR) is 60.0 cm³/mol. The number of aryl methyl sites for hydroxylation is 1. The van der Waals surface area contributed by atoms with Gasteiger partial charge in [0.15, 0.2) is 11.5 Å². The maximum atomic E-state index is 10.6. The number of oxazole rings is 1. The highest BCUT2D eigenvalue weighted by Gasteiger charge is 2.14. The number of hydrogen-bond donors (Lipinski definition) is 2. The Morgan fingerprint density at radius 1 is 1.61 bits per heavy atom. The number of hydrogen-bond acceptors (Lipinski definition) is 6. The van der Waals surface area contributed by atoms with Crippen LogP contribution in [0.2, 0.25) is 0 Å². The van der Waals surface area contributed by atoms with Crippen LogP contribution < -0.4 is 5.32 Å². The lowest BCUT2D eigenvalue weighted by Gasteiger charge is -2.07. The molecule has 0 aliphatic heterocycles. The molecular weight excluding hydrogens is 238 g/mol. The van der Waals surface area contributed by atoms with E-state index in [1.54, 1.807) is 6.20 Å². The van der Waals surface area contributed by atoms with E-state index in [0.29, 0.717) is 18.2 Å². The van der Waals surface area contributed by atoms with Crippen molar-refractivity contribution in [1.29, 1.82) is 0 Å². The average Bonchev–Trinajstić information content (AvgIpc) is 2.94. The lowest BCUT2D eigenvalue weighted by molar-refractivity contribution is 0.0685. The molecule has 0 saturated carbocycles. The largest absolute Gasteiger partial charge is 0.476 e. The van der Waals surface area contributed by atoms with Gasteiger partial charge in [0.05, 0.1) is 18.8 Å². The first-order valence-corrected chi connectivity index (χ1v) is 5.41. The van der Waals surface area contributed by atoms with Crippen molar-refractivity contribution in [1.82, 2.24) is 15.5 Å². The van der Waals surface area contributed by atoms with Crippen molar-refractivity contribution in [3.63, 3.8) is 0 Å². The van der Waals surface area contributed by atoms with Crippen LogP contribution in [0.3, 0.4) is 0 Å². The second-order valence-electron chi connectivity index (χ2n) is 3.90. The SMILES string of the molecule is Cc1cnc(C(C)NCc2cc(C(=O)O)no2)o1. The number of aromatic carboxylic acids is 1. The van der Waals surface area contributed by atoms with Crippen molar-refractivity contribution < 1.29 is 18.8 Å². The quantitative estimate of drug-likeness (QED) is 0.830. The molecule has 2 aromatic rings. The number of nitrogens with zero attached hydrogens (tertiary/aromatic N) is 2. The van der Waals surface area contributed by atoms with Gasteiger partial charge in [0.25, 0.3) is 0 Å². The molecule has 2 rings (SSSR count). The first-order chi connectivity index (χ1) is 8.56. The Kier molecular flexibility index (Phi) is 3.42. The van der Waals surface area contributed by atoms with Crippen LogP contribution in [-0.2, 0) is 6.54 Å². The van der Waals surface area contributed by atoms with Gasteiger partial charge in [-0.3, -0.25) is 5.32 Å². The number of nitrogens with one attached hydrogen (secondary N) is 1. The van der Waals surface area contributed by atoms with E-state index in [4.69, 9.17) is 14.0 Å². The molecule has 2 N–H and O–H groups in total. The molecule has 18 heavy (non-hydrogen) atoms. The van der Waals surface area contributed by atoms with Gasteiger partial charge in [-0.2, -0.15) is 0 Å². The summed E-state index contributed by atoms with van der Waals surface area (Å²) in [7, 11) is 0. The molecule has 0 fully saturated rings. The number of carboxylic acids is 1. The van der Waals surface area contributed by atoms with Crippen LogP contribution in [0.15, 0.2) is 21.2 Å². The molecule has 1 unspecified atom stereocenters. The molecule has 96 valence electrons. The van der Waals surface area contributed by atoms with Gasteiger partial charge in [-0.25, -0.2) is 9.78 Å². The number of aromatic nitrogens is 2. The average molecular weight is 251 g/mol. The molecule has 0 spiro atoms. The Morgan fingerprint density at radius 3 is 2.94 bits per heavy atom. The van der Waals surface area contributed by atoms with Crippen LogP contribution in [0.25, 0.3) is 0 Å². The summed E-state index contributed by atoms with van der Waals surface area (Å²) in [6.45, 7) is 4.06. The fraction of sp³-hybridized carbons (Fsp3) is 0.364. The van der Waals surface area contributed by atoms with Crippen molar-refractivity contribution in [3.05, 3.63) is 35.4 Å². The molecule has 2 heterocycles. The zero-order valence-electron chi connectivity index (χ0n) is 10.0. The smallest absolute Gasteiger partial charge is 0.358 e. The molecule has 0 aliphatic rings.